The van der Waals surface area contributed by atoms with E-state index in [4.69, 9.17) is 9.73 Å². The summed E-state index contributed by atoms with van der Waals surface area (Å²) >= 11 is 0. The second-order valence-corrected chi connectivity index (χ2v) is 19.2. The van der Waals surface area contributed by atoms with Gasteiger partial charge >= 0.3 is 5.97 Å². The number of carbonyl (C=O) groups excluding carboxylic acids is 3. The largest absolute Gasteiger partial charge is 0.477 e. The molecule has 1 fully saturated rings. The third-order valence-corrected chi connectivity index (χ3v) is 13.6. The average molecular weight is 1230 g/mol. The predicted molar refractivity (Wildman–Crippen MR) is 306 cm³/mol. The molecule has 2 unspecified atom stereocenters. The summed E-state index contributed by atoms with van der Waals surface area (Å²) in [5.41, 5.74) is -0.998. The van der Waals surface area contributed by atoms with E-state index in [1.54, 1.807) is 62.4 Å². The molecule has 2 atom stereocenters. The molecule has 0 saturated heterocycles. The van der Waals surface area contributed by atoms with Crippen LogP contribution in [-0.4, -0.2) is 40.4 Å². The van der Waals surface area contributed by atoms with Crippen LogP contribution in [0.5, 0.6) is 0 Å². The number of benzene rings is 7. The molecule has 400 valence electrons. The maximum atomic E-state index is 16.4. The van der Waals surface area contributed by atoms with Gasteiger partial charge in [-0.1, -0.05) is 212 Å². The first-order chi connectivity index (χ1) is 37.5. The summed E-state index contributed by atoms with van der Waals surface area (Å²) in [5.74, 6) is -4.94. The number of ether oxygens (including phenoxy) is 1. The van der Waals surface area contributed by atoms with E-state index in [1.165, 1.54) is 42.5 Å². The normalized spacial score (nSPS) is 17.8. The van der Waals surface area contributed by atoms with Crippen molar-refractivity contribution in [1.29, 1.82) is 0 Å². The molecule has 0 amide bonds. The van der Waals surface area contributed by atoms with E-state index in [0.717, 1.165) is 0 Å². The minimum atomic E-state index is -2.25. The summed E-state index contributed by atoms with van der Waals surface area (Å²) in [6.45, 7) is 3.46. The Morgan fingerprint density at radius 3 is 1.28 bits per heavy atom. The molecule has 7 aromatic carbocycles. The van der Waals surface area contributed by atoms with Crippen molar-refractivity contribution in [2.45, 2.75) is 38.3 Å². The van der Waals surface area contributed by atoms with Crippen LogP contribution in [0, 0.1) is 17.2 Å². The van der Waals surface area contributed by atoms with Gasteiger partial charge in [0, 0.05) is 57.6 Å². The van der Waals surface area contributed by atoms with Crippen LogP contribution in [0.1, 0.15) is 65.6 Å². The van der Waals surface area contributed by atoms with Gasteiger partial charge in [0.1, 0.15) is 16.9 Å². The molecule has 1 saturated carbocycles. The van der Waals surface area contributed by atoms with E-state index in [0.29, 0.717) is 46.2 Å². The Hall–Kier alpha value is -8.08. The van der Waals surface area contributed by atoms with Gasteiger partial charge in [-0.15, -0.1) is 0 Å². The number of ketones is 3. The summed E-state index contributed by atoms with van der Waals surface area (Å²) in [6.07, 6.45) is 14.4. The van der Waals surface area contributed by atoms with Crippen molar-refractivity contribution >= 4 is 65.7 Å². The van der Waals surface area contributed by atoms with Gasteiger partial charge in [-0.3, -0.25) is 14.4 Å². The van der Waals surface area contributed by atoms with Gasteiger partial charge in [-0.05, 0) is 126 Å². The molecule has 1 aliphatic heterocycles. The Morgan fingerprint density at radius 2 is 0.886 bits per heavy atom. The minimum absolute atomic E-state index is 0. The van der Waals surface area contributed by atoms with Gasteiger partial charge in [0.05, 0.1) is 11.5 Å². The number of carboxylic acids is 1. The third kappa shape index (κ3) is 13.3. The van der Waals surface area contributed by atoms with Gasteiger partial charge in [0.2, 0.25) is 5.90 Å². The molecular formula is C69H56FNO6Pd2. The van der Waals surface area contributed by atoms with Crippen LogP contribution in [0.15, 0.2) is 257 Å². The number of hydrogen-bond acceptors (Lipinski definition) is 6. The fraction of sp³-hybridized carbons (Fsp3) is 0.116. The molecule has 79 heavy (non-hydrogen) atoms. The van der Waals surface area contributed by atoms with E-state index in [2.05, 4.69) is 0 Å². The second-order valence-electron chi connectivity index (χ2n) is 19.2. The van der Waals surface area contributed by atoms with E-state index in [-0.39, 0.29) is 68.7 Å². The van der Waals surface area contributed by atoms with E-state index < -0.39 is 63.6 Å². The zero-order valence-electron chi connectivity index (χ0n) is 43.3. The number of nitrogens with zero attached hydrogens (tertiary/aromatic N) is 1. The molecule has 2 aliphatic rings. The Labute approximate surface area is 488 Å². The third-order valence-electron chi connectivity index (χ3n) is 13.6. The van der Waals surface area contributed by atoms with Gasteiger partial charge in [0.15, 0.2) is 17.3 Å². The fourth-order valence-corrected chi connectivity index (χ4v) is 10.2. The van der Waals surface area contributed by atoms with Crippen molar-refractivity contribution in [3.63, 3.8) is 0 Å². The summed E-state index contributed by atoms with van der Waals surface area (Å²) < 4.78 is 22.5. The zero-order valence-corrected chi connectivity index (χ0v) is 46.5. The molecular weight excluding hydrogens is 1170 g/mol. The Kier molecular flexibility index (Phi) is 20.0. The topological polar surface area (TPSA) is 110 Å². The number of halogens is 1. The predicted octanol–water partition coefficient (Wildman–Crippen LogP) is 14.7. The van der Waals surface area contributed by atoms with Gasteiger partial charge in [0.25, 0.3) is 0 Å². The molecule has 7 nitrogen and oxygen atoms in total. The molecule has 1 aliphatic carbocycles. The summed E-state index contributed by atoms with van der Waals surface area (Å²) in [5, 5.41) is 12.1. The van der Waals surface area contributed by atoms with Gasteiger partial charge in [-0.25, -0.2) is 14.2 Å². The maximum Gasteiger partial charge on any atom is 0.341 e. The smallest absolute Gasteiger partial charge is 0.341 e. The Bertz CT molecular complexity index is 3530. The molecule has 9 rings (SSSR count). The number of carbonyl (C=O) groups is 4. The number of allylic oxidation sites excluding steroid dienone is 4. The molecule has 10 heteroatoms. The standard InChI is InChI=1S/C69H56FNO6.2Pd/c1-48(2)77-66-64(67(75)76)65(58(45-52-27-15-6-16-28-52)61(72)42-33-49-21-9-3-10-22-49)68(55-36-37-55,59(46-53-29-17-7-18-30-53)62(73)43-34-50-23-11-4-12-24-50)69(71-66,56-38-40-57(70)41-39-56)60(47-54-31-19-8-20-32-54)63(74)44-35-51-25-13-5-14-26-51;;/h3-35,38-48,55H,36-37H2,1-2H3,(H,75,76);;. The van der Waals surface area contributed by atoms with Crippen LogP contribution in [0.3, 0.4) is 0 Å². The van der Waals surface area contributed by atoms with Crippen molar-refractivity contribution in [1.82, 2.24) is 0 Å². The number of rotatable bonds is 19. The van der Waals surface area contributed by atoms with Crippen molar-refractivity contribution in [3.8, 4) is 0 Å². The van der Waals surface area contributed by atoms with Crippen molar-refractivity contribution in [3.05, 3.63) is 297 Å². The molecule has 0 bridgehead atoms. The van der Waals surface area contributed by atoms with E-state index in [9.17, 15) is 9.90 Å². The molecule has 7 aromatic rings. The molecule has 0 aromatic heterocycles. The zero-order chi connectivity index (χ0) is 53.8. The molecule has 0 radical (unpaired) electrons. The summed E-state index contributed by atoms with van der Waals surface area (Å²) in [4.78, 5) is 69.3. The first-order valence-corrected chi connectivity index (χ1v) is 25.6. The summed E-state index contributed by atoms with van der Waals surface area (Å²) in [6, 6.07) is 60.8. The number of aliphatic carboxylic acids is 1. The van der Waals surface area contributed by atoms with Gasteiger partial charge in [-0.2, -0.15) is 0 Å². The number of carboxylic acid groups (broad SMARTS) is 1. The van der Waals surface area contributed by atoms with Crippen LogP contribution in [0.2, 0.25) is 0 Å². The Balaban J connectivity index is 0.00000452. The van der Waals surface area contributed by atoms with Gasteiger partial charge < -0.3 is 9.84 Å². The Morgan fingerprint density at radius 1 is 0.519 bits per heavy atom. The average Bonchev–Trinajstić information content (AvgIpc) is 4.28. The summed E-state index contributed by atoms with van der Waals surface area (Å²) in [7, 11) is 0. The first kappa shape index (κ1) is 58.6. The molecule has 0 spiro atoms. The number of aliphatic imine (C=N–C) groups is 1. The fourth-order valence-electron chi connectivity index (χ4n) is 10.2. The minimum Gasteiger partial charge on any atom is -0.477 e. The van der Waals surface area contributed by atoms with Crippen molar-refractivity contribution < 1.29 is 74.3 Å². The number of dihydropyridines is 1. The van der Waals surface area contributed by atoms with Crippen LogP contribution in [-0.2, 0) is 70.3 Å². The first-order valence-electron chi connectivity index (χ1n) is 25.6. The van der Waals surface area contributed by atoms with Crippen LogP contribution in [0.25, 0.3) is 36.5 Å². The van der Waals surface area contributed by atoms with Crippen molar-refractivity contribution in [2.24, 2.45) is 16.3 Å². The second kappa shape index (κ2) is 27.0. The maximum absolute atomic E-state index is 16.4. The monoisotopic (exact) mass is 1230 g/mol. The van der Waals surface area contributed by atoms with Crippen molar-refractivity contribution in [2.75, 3.05) is 0 Å². The van der Waals surface area contributed by atoms with Crippen LogP contribution >= 0.6 is 0 Å². The molecule has 1 heterocycles. The molecule has 1 N–H and O–H groups in total. The van der Waals surface area contributed by atoms with E-state index >= 15 is 18.8 Å². The quantitative estimate of drug-likeness (QED) is 0.0638. The van der Waals surface area contributed by atoms with E-state index in [1.807, 2.05) is 170 Å². The SMILES string of the molecule is CC(C)OC1=NC(C(=Cc2ccccc2)C(=O)C=Cc2ccccc2)(c2ccc(F)cc2)C(C(=Cc2ccccc2)C(=O)C=Cc2ccccc2)(C2CC2)C(C(=Cc2ccccc2)C(=O)C=Cc2ccccc2)=C1C(=O)O.[Pd].[Pd]. The van der Waals surface area contributed by atoms with Crippen LogP contribution in [0.4, 0.5) is 4.39 Å². The van der Waals surface area contributed by atoms with Crippen LogP contribution < -0.4 is 0 Å². The number of hydrogen-bond donors (Lipinski definition) is 1.